The van der Waals surface area contributed by atoms with Gasteiger partial charge in [-0.15, -0.1) is 0 Å². The Balaban J connectivity index is 1.52. The summed E-state index contributed by atoms with van der Waals surface area (Å²) < 4.78 is 99.4. The van der Waals surface area contributed by atoms with Crippen molar-refractivity contribution < 1.29 is 45.3 Å². The summed E-state index contributed by atoms with van der Waals surface area (Å²) in [7, 11) is 1.34. The Morgan fingerprint density at radius 2 is 1.67 bits per heavy atom. The summed E-state index contributed by atoms with van der Waals surface area (Å²) in [5.41, 5.74) is -1.75. The normalized spacial score (nSPS) is 14.0. The number of aromatic nitrogens is 2. The number of amides is 1. The van der Waals surface area contributed by atoms with Gasteiger partial charge in [-0.05, 0) is 54.3 Å². The number of carbonyl (C=O) groups excluding carboxylic acids is 1. The molecule has 4 aromatic rings. The van der Waals surface area contributed by atoms with Crippen LogP contribution in [0.3, 0.4) is 0 Å². The van der Waals surface area contributed by atoms with Crippen LogP contribution in [0, 0.1) is 5.82 Å². The van der Waals surface area contributed by atoms with Gasteiger partial charge in [0.15, 0.2) is 29.2 Å². The highest BCUT2D eigenvalue weighted by Crippen LogP contribution is 2.32. The molecular formula is C33H31F6N3O6. The van der Waals surface area contributed by atoms with Gasteiger partial charge in [-0.25, -0.2) is 18.0 Å². The predicted molar refractivity (Wildman–Crippen MR) is 163 cm³/mol. The second-order valence-corrected chi connectivity index (χ2v) is 11.2. The minimum absolute atomic E-state index is 0.0383. The minimum Gasteiger partial charge on any atom is -0.493 e. The monoisotopic (exact) mass is 679 g/mol. The Morgan fingerprint density at radius 1 is 0.938 bits per heavy atom. The molecule has 1 aromatic heterocycles. The molecule has 1 amide bonds. The smallest absolute Gasteiger partial charge is 0.416 e. The third kappa shape index (κ3) is 7.29. The Bertz CT molecular complexity index is 1900. The Hall–Kier alpha value is -4.95. The van der Waals surface area contributed by atoms with Crippen molar-refractivity contribution in [3.8, 4) is 17.2 Å². The zero-order valence-electron chi connectivity index (χ0n) is 25.6. The van der Waals surface area contributed by atoms with E-state index in [2.05, 4.69) is 0 Å². The molecular weight excluding hydrogens is 648 g/mol. The first-order valence-electron chi connectivity index (χ1n) is 14.9. The predicted octanol–water partition coefficient (Wildman–Crippen LogP) is 5.44. The molecule has 48 heavy (non-hydrogen) atoms. The van der Waals surface area contributed by atoms with Gasteiger partial charge in [0.25, 0.3) is 5.56 Å². The van der Waals surface area contributed by atoms with Crippen molar-refractivity contribution in [3.05, 3.63) is 97.9 Å². The molecule has 0 spiro atoms. The van der Waals surface area contributed by atoms with Gasteiger partial charge >= 0.3 is 11.9 Å². The molecule has 9 nitrogen and oxygen atoms in total. The van der Waals surface area contributed by atoms with Crippen molar-refractivity contribution in [2.75, 3.05) is 33.5 Å². The van der Waals surface area contributed by atoms with Crippen LogP contribution in [0.1, 0.15) is 35.6 Å². The summed E-state index contributed by atoms with van der Waals surface area (Å²) in [6.45, 7) is -2.33. The molecule has 0 aliphatic carbocycles. The van der Waals surface area contributed by atoms with Crippen LogP contribution < -0.4 is 25.5 Å². The van der Waals surface area contributed by atoms with Crippen molar-refractivity contribution in [1.29, 1.82) is 0 Å². The zero-order valence-corrected chi connectivity index (χ0v) is 25.6. The summed E-state index contributed by atoms with van der Waals surface area (Å²) in [6.07, 6.45) is -4.75. The molecule has 1 aliphatic rings. The van der Waals surface area contributed by atoms with Crippen LogP contribution in [0.4, 0.5) is 26.3 Å². The molecule has 0 radical (unpaired) electrons. The van der Waals surface area contributed by atoms with Gasteiger partial charge in [0.05, 0.1) is 30.1 Å². The standard InChI is InChI=1S/C33H31F6N3O6/c1-46-30-12-20(5-6-28(30)47-18-21-3-2-4-22(11-21)33(37,38)39)17-41-31(44)25-13-29(48-24(15-34)16-35)26(36)14-27(25)42(32(41)45)23-7-9-40(19-43)10-8-23/h2-6,11-14,19,23-24H,7-10,15-18H2,1H3. The molecule has 1 saturated heterocycles. The Morgan fingerprint density at radius 3 is 2.31 bits per heavy atom. The van der Waals surface area contributed by atoms with Gasteiger partial charge in [-0.2, -0.15) is 13.2 Å². The van der Waals surface area contributed by atoms with Gasteiger partial charge in [-0.3, -0.25) is 18.7 Å². The SMILES string of the molecule is COc1cc(Cn2c(=O)c3cc(OC(CF)CF)c(F)cc3n(C3CCN(C=O)CC3)c2=O)ccc1OCc1cccc(C(F)(F)F)c1. The van der Waals surface area contributed by atoms with Crippen molar-refractivity contribution >= 4 is 17.3 Å². The van der Waals surface area contributed by atoms with Gasteiger partial charge in [-0.1, -0.05) is 18.2 Å². The number of rotatable bonds is 12. The summed E-state index contributed by atoms with van der Waals surface area (Å²) >= 11 is 0. The Kier molecular flexibility index (Phi) is 10.3. The van der Waals surface area contributed by atoms with E-state index in [0.29, 0.717) is 37.9 Å². The summed E-state index contributed by atoms with van der Waals surface area (Å²) in [5, 5.41) is -0.131. The number of hydrogen-bond acceptors (Lipinski definition) is 6. The van der Waals surface area contributed by atoms with E-state index in [1.165, 1.54) is 40.8 Å². The fourth-order valence-electron chi connectivity index (χ4n) is 5.61. The molecule has 0 N–H and O–H groups in total. The highest BCUT2D eigenvalue weighted by atomic mass is 19.4. The van der Waals surface area contributed by atoms with Crippen LogP contribution in [-0.2, 0) is 24.1 Å². The van der Waals surface area contributed by atoms with Crippen LogP contribution in [0.2, 0.25) is 0 Å². The van der Waals surface area contributed by atoms with E-state index in [4.69, 9.17) is 14.2 Å². The lowest BCUT2D eigenvalue weighted by atomic mass is 10.0. The number of likely N-dealkylation sites (tertiary alicyclic amines) is 1. The molecule has 5 rings (SSSR count). The number of fused-ring (bicyclic) bond motifs is 1. The summed E-state index contributed by atoms with van der Waals surface area (Å²) in [6, 6.07) is 10.6. The maximum Gasteiger partial charge on any atom is 0.416 e. The van der Waals surface area contributed by atoms with Gasteiger partial charge in [0.1, 0.15) is 20.0 Å². The van der Waals surface area contributed by atoms with Crippen LogP contribution in [0.25, 0.3) is 10.9 Å². The lowest BCUT2D eigenvalue weighted by molar-refractivity contribution is -0.137. The third-order valence-corrected chi connectivity index (χ3v) is 8.09. The highest BCUT2D eigenvalue weighted by Gasteiger charge is 2.30. The minimum atomic E-state index is -4.52. The number of nitrogens with zero attached hydrogens (tertiary/aromatic N) is 3. The molecule has 0 atom stereocenters. The first-order valence-corrected chi connectivity index (χ1v) is 14.9. The molecule has 2 heterocycles. The van der Waals surface area contributed by atoms with Crippen LogP contribution in [0.5, 0.6) is 17.2 Å². The fourth-order valence-corrected chi connectivity index (χ4v) is 5.61. The van der Waals surface area contributed by atoms with Crippen LogP contribution in [0.15, 0.2) is 64.2 Å². The van der Waals surface area contributed by atoms with Crippen molar-refractivity contribution in [2.45, 2.75) is 44.3 Å². The van der Waals surface area contributed by atoms with E-state index in [9.17, 15) is 36.3 Å². The fraction of sp³-hybridized carbons (Fsp3) is 0.364. The topological polar surface area (TPSA) is 92.0 Å². The molecule has 0 bridgehead atoms. The van der Waals surface area contributed by atoms with E-state index < -0.39 is 60.1 Å². The number of halogens is 6. The lowest BCUT2D eigenvalue weighted by Crippen LogP contribution is -2.44. The summed E-state index contributed by atoms with van der Waals surface area (Å²) in [5.74, 6) is -1.21. The second kappa shape index (κ2) is 14.4. The number of methoxy groups -OCH3 is 1. The number of alkyl halides is 5. The second-order valence-electron chi connectivity index (χ2n) is 11.2. The largest absolute Gasteiger partial charge is 0.493 e. The quantitative estimate of drug-likeness (QED) is 0.147. The number of hydrogen-bond donors (Lipinski definition) is 0. The first kappa shape index (κ1) is 34.4. The average molecular weight is 680 g/mol. The van der Waals surface area contributed by atoms with E-state index in [0.717, 1.165) is 28.8 Å². The maximum absolute atomic E-state index is 15.2. The molecule has 1 fully saturated rings. The lowest BCUT2D eigenvalue weighted by Gasteiger charge is -2.31. The molecule has 3 aromatic carbocycles. The number of benzene rings is 3. The molecule has 15 heteroatoms. The van der Waals surface area contributed by atoms with Crippen molar-refractivity contribution in [1.82, 2.24) is 14.0 Å². The molecule has 256 valence electrons. The van der Waals surface area contributed by atoms with Gasteiger partial charge in [0.2, 0.25) is 6.41 Å². The number of piperidine rings is 1. The van der Waals surface area contributed by atoms with E-state index in [1.54, 1.807) is 6.07 Å². The average Bonchev–Trinajstić information content (AvgIpc) is 3.08. The van der Waals surface area contributed by atoms with E-state index in [1.807, 2.05) is 0 Å². The zero-order chi connectivity index (χ0) is 34.6. The Labute approximate surface area is 269 Å². The molecule has 1 aliphatic heterocycles. The number of ether oxygens (including phenoxy) is 3. The van der Waals surface area contributed by atoms with Crippen molar-refractivity contribution in [2.24, 2.45) is 0 Å². The maximum atomic E-state index is 15.2. The first-order chi connectivity index (χ1) is 23.0. The summed E-state index contributed by atoms with van der Waals surface area (Å²) in [4.78, 5) is 40.6. The van der Waals surface area contributed by atoms with Gasteiger partial charge < -0.3 is 19.1 Å². The van der Waals surface area contributed by atoms with E-state index >= 15 is 4.39 Å². The molecule has 0 unspecified atom stereocenters. The highest BCUT2D eigenvalue weighted by molar-refractivity contribution is 5.80. The third-order valence-electron chi connectivity index (χ3n) is 8.09. The van der Waals surface area contributed by atoms with Crippen LogP contribution >= 0.6 is 0 Å². The van der Waals surface area contributed by atoms with Crippen molar-refractivity contribution in [3.63, 3.8) is 0 Å². The van der Waals surface area contributed by atoms with Crippen LogP contribution in [-0.4, -0.2) is 60.1 Å². The van der Waals surface area contributed by atoms with E-state index in [-0.39, 0.29) is 41.1 Å². The van der Waals surface area contributed by atoms with Gasteiger partial charge in [0, 0.05) is 25.2 Å². The molecule has 0 saturated carbocycles. The number of carbonyl (C=O) groups is 1.